The SMILES string of the molecule is CNCCSc1nnc(C(=O)C(C)(C)N(C=O)C2CCCCC2)o1. The zero-order chi connectivity index (χ0) is 17.6. The predicted octanol–water partition coefficient (Wildman–Crippen LogP) is 2.13. The monoisotopic (exact) mass is 354 g/mol. The molecule has 1 fully saturated rings. The number of ketones is 1. The lowest BCUT2D eigenvalue weighted by molar-refractivity contribution is -0.125. The summed E-state index contributed by atoms with van der Waals surface area (Å²) in [6.45, 7) is 4.30. The fourth-order valence-electron chi connectivity index (χ4n) is 3.01. The molecule has 0 saturated heterocycles. The van der Waals surface area contributed by atoms with E-state index >= 15 is 0 Å². The van der Waals surface area contributed by atoms with Crippen molar-refractivity contribution in [2.75, 3.05) is 19.3 Å². The van der Waals surface area contributed by atoms with Gasteiger partial charge in [-0.2, -0.15) is 0 Å². The highest BCUT2D eigenvalue weighted by Gasteiger charge is 2.41. The molecule has 0 aromatic carbocycles. The minimum absolute atomic E-state index is 0.0328. The Kier molecular flexibility index (Phi) is 6.79. The van der Waals surface area contributed by atoms with Crippen molar-refractivity contribution < 1.29 is 14.0 Å². The smallest absolute Gasteiger partial charge is 0.287 e. The molecule has 1 aliphatic rings. The highest BCUT2D eigenvalue weighted by molar-refractivity contribution is 7.99. The van der Waals surface area contributed by atoms with Crippen LogP contribution < -0.4 is 5.32 Å². The van der Waals surface area contributed by atoms with Crippen LogP contribution in [0.15, 0.2) is 9.64 Å². The zero-order valence-corrected chi connectivity index (χ0v) is 15.4. The lowest BCUT2D eigenvalue weighted by Gasteiger charge is -2.41. The van der Waals surface area contributed by atoms with Crippen LogP contribution in [-0.2, 0) is 4.79 Å². The van der Waals surface area contributed by atoms with Crippen molar-refractivity contribution in [1.82, 2.24) is 20.4 Å². The summed E-state index contributed by atoms with van der Waals surface area (Å²) in [5.41, 5.74) is -0.997. The summed E-state index contributed by atoms with van der Waals surface area (Å²) in [5.74, 6) is 0.431. The van der Waals surface area contributed by atoms with Crippen LogP contribution in [-0.4, -0.2) is 58.2 Å². The number of hydrogen-bond acceptors (Lipinski definition) is 7. The summed E-state index contributed by atoms with van der Waals surface area (Å²) in [4.78, 5) is 26.1. The van der Waals surface area contributed by atoms with Gasteiger partial charge in [-0.05, 0) is 33.7 Å². The number of amides is 1. The van der Waals surface area contributed by atoms with Crippen LogP contribution in [0.25, 0.3) is 0 Å². The quantitative estimate of drug-likeness (QED) is 0.314. The first-order valence-electron chi connectivity index (χ1n) is 8.40. The van der Waals surface area contributed by atoms with Crippen LogP contribution in [0, 0.1) is 0 Å². The van der Waals surface area contributed by atoms with Crippen LogP contribution in [0.2, 0.25) is 0 Å². The molecule has 0 unspecified atom stereocenters. The summed E-state index contributed by atoms with van der Waals surface area (Å²) in [6, 6.07) is 0.0996. The van der Waals surface area contributed by atoms with E-state index < -0.39 is 5.54 Å². The lowest BCUT2D eigenvalue weighted by Crippen LogP contribution is -2.54. The van der Waals surface area contributed by atoms with Crippen molar-refractivity contribution in [2.24, 2.45) is 0 Å². The first-order chi connectivity index (χ1) is 11.5. The Bertz CT molecular complexity index is 555. The van der Waals surface area contributed by atoms with Crippen LogP contribution >= 0.6 is 11.8 Å². The molecule has 1 aromatic rings. The van der Waals surface area contributed by atoms with Crippen molar-refractivity contribution in [2.45, 2.75) is 62.8 Å². The topological polar surface area (TPSA) is 88.3 Å². The largest absolute Gasteiger partial charge is 0.408 e. The normalized spacial score (nSPS) is 16.1. The van der Waals surface area contributed by atoms with Crippen molar-refractivity contribution in [3.05, 3.63) is 5.89 Å². The highest BCUT2D eigenvalue weighted by Crippen LogP contribution is 2.29. The van der Waals surface area contributed by atoms with E-state index in [0.29, 0.717) is 5.22 Å². The second kappa shape index (κ2) is 8.62. The standard InChI is InChI=1S/C16H26N4O3S/c1-16(2,20(11-21)12-7-5-4-6-8-12)13(22)14-18-19-15(23-14)24-10-9-17-3/h11-12,17H,4-10H2,1-3H3. The Balaban J connectivity index is 2.09. The molecule has 8 heteroatoms. The number of thioether (sulfide) groups is 1. The molecule has 134 valence electrons. The molecule has 0 spiro atoms. The van der Waals surface area contributed by atoms with Crippen molar-refractivity contribution in [1.29, 1.82) is 0 Å². The molecule has 1 saturated carbocycles. The molecule has 0 radical (unpaired) electrons. The molecule has 7 nitrogen and oxygen atoms in total. The van der Waals surface area contributed by atoms with Gasteiger partial charge in [0.05, 0.1) is 0 Å². The molecular formula is C16H26N4O3S. The van der Waals surface area contributed by atoms with Gasteiger partial charge in [0.25, 0.3) is 11.1 Å². The fourth-order valence-corrected chi connectivity index (χ4v) is 3.73. The van der Waals surface area contributed by atoms with E-state index in [9.17, 15) is 9.59 Å². The molecule has 0 atom stereocenters. The van der Waals surface area contributed by atoms with E-state index in [1.54, 1.807) is 18.7 Å². The van der Waals surface area contributed by atoms with Crippen LogP contribution in [0.5, 0.6) is 0 Å². The number of carbonyl (C=O) groups excluding carboxylic acids is 2. The Labute approximate surface area is 146 Å². The highest BCUT2D eigenvalue weighted by atomic mass is 32.2. The molecule has 1 N–H and O–H groups in total. The van der Waals surface area contributed by atoms with Gasteiger partial charge in [0.2, 0.25) is 12.2 Å². The van der Waals surface area contributed by atoms with Gasteiger partial charge in [-0.15, -0.1) is 10.2 Å². The number of nitrogens with one attached hydrogen (secondary N) is 1. The van der Waals surface area contributed by atoms with E-state index in [2.05, 4.69) is 15.5 Å². The molecule has 1 amide bonds. The number of hydrogen-bond donors (Lipinski definition) is 1. The summed E-state index contributed by atoms with van der Waals surface area (Å²) in [7, 11) is 1.87. The van der Waals surface area contributed by atoms with E-state index in [1.807, 2.05) is 7.05 Å². The molecule has 0 aliphatic heterocycles. The second-order valence-corrected chi connectivity index (χ2v) is 7.56. The lowest BCUT2D eigenvalue weighted by atomic mass is 9.88. The van der Waals surface area contributed by atoms with Gasteiger partial charge in [-0.25, -0.2) is 0 Å². The number of Topliss-reactive ketones (excluding diaryl/α,β-unsaturated/α-hetero) is 1. The van der Waals surface area contributed by atoms with Gasteiger partial charge in [0.1, 0.15) is 5.54 Å². The Morgan fingerprint density at radius 1 is 1.38 bits per heavy atom. The van der Waals surface area contributed by atoms with Crippen molar-refractivity contribution in [3.63, 3.8) is 0 Å². The fraction of sp³-hybridized carbons (Fsp3) is 0.750. The van der Waals surface area contributed by atoms with Gasteiger partial charge in [-0.3, -0.25) is 9.59 Å². The maximum atomic E-state index is 12.8. The molecule has 1 heterocycles. The van der Waals surface area contributed by atoms with E-state index in [4.69, 9.17) is 4.42 Å². The third-order valence-electron chi connectivity index (χ3n) is 4.46. The number of rotatable bonds is 9. The number of nitrogens with zero attached hydrogens (tertiary/aromatic N) is 3. The Hall–Kier alpha value is -1.41. The Morgan fingerprint density at radius 2 is 2.08 bits per heavy atom. The van der Waals surface area contributed by atoms with Crippen LogP contribution in [0.1, 0.15) is 56.6 Å². The van der Waals surface area contributed by atoms with Gasteiger partial charge < -0.3 is 14.6 Å². The first kappa shape index (κ1) is 18.9. The molecule has 24 heavy (non-hydrogen) atoms. The van der Waals surface area contributed by atoms with Crippen molar-refractivity contribution >= 4 is 24.0 Å². The maximum absolute atomic E-state index is 12.8. The summed E-state index contributed by atoms with van der Waals surface area (Å²) < 4.78 is 5.48. The van der Waals surface area contributed by atoms with E-state index in [1.165, 1.54) is 18.2 Å². The summed E-state index contributed by atoms with van der Waals surface area (Å²) in [5, 5.41) is 11.2. The molecule has 1 aliphatic carbocycles. The van der Waals surface area contributed by atoms with Gasteiger partial charge in [0, 0.05) is 18.3 Å². The molecular weight excluding hydrogens is 328 g/mol. The number of aromatic nitrogens is 2. The minimum atomic E-state index is -0.997. The van der Waals surface area contributed by atoms with Crippen LogP contribution in [0.3, 0.4) is 0 Å². The summed E-state index contributed by atoms with van der Waals surface area (Å²) in [6.07, 6.45) is 6.02. The van der Waals surface area contributed by atoms with Gasteiger partial charge >= 0.3 is 0 Å². The van der Waals surface area contributed by atoms with Gasteiger partial charge in [-0.1, -0.05) is 31.0 Å². The van der Waals surface area contributed by atoms with Gasteiger partial charge in [0.15, 0.2) is 0 Å². The van der Waals surface area contributed by atoms with E-state index in [0.717, 1.165) is 44.4 Å². The predicted molar refractivity (Wildman–Crippen MR) is 92.1 cm³/mol. The number of carbonyl (C=O) groups is 2. The van der Waals surface area contributed by atoms with Crippen molar-refractivity contribution in [3.8, 4) is 0 Å². The first-order valence-corrected chi connectivity index (χ1v) is 9.38. The zero-order valence-electron chi connectivity index (χ0n) is 14.6. The molecule has 0 bridgehead atoms. The summed E-state index contributed by atoms with van der Waals surface area (Å²) >= 11 is 1.40. The van der Waals surface area contributed by atoms with Crippen LogP contribution in [0.4, 0.5) is 0 Å². The average Bonchev–Trinajstić information content (AvgIpc) is 3.04. The average molecular weight is 354 g/mol. The minimum Gasteiger partial charge on any atom is -0.408 e. The third-order valence-corrected chi connectivity index (χ3v) is 5.28. The maximum Gasteiger partial charge on any atom is 0.287 e. The Morgan fingerprint density at radius 3 is 2.71 bits per heavy atom. The third kappa shape index (κ3) is 4.36. The molecule has 1 aromatic heterocycles. The molecule has 2 rings (SSSR count). The van der Waals surface area contributed by atoms with E-state index in [-0.39, 0.29) is 17.7 Å². The second-order valence-electron chi connectivity index (χ2n) is 6.52.